The Morgan fingerprint density at radius 3 is 2.42 bits per heavy atom. The Bertz CT molecular complexity index is 1220. The van der Waals surface area contributed by atoms with Crippen molar-refractivity contribution < 1.29 is 9.90 Å². The third-order valence-corrected chi connectivity index (χ3v) is 5.71. The summed E-state index contributed by atoms with van der Waals surface area (Å²) in [6.45, 7) is 2.68. The van der Waals surface area contributed by atoms with Crippen LogP contribution >= 0.6 is 11.6 Å². The lowest BCUT2D eigenvalue weighted by Crippen LogP contribution is -2.46. The van der Waals surface area contributed by atoms with Gasteiger partial charge < -0.3 is 10.8 Å². The molecular formula is C25H24ClN5O2. The van der Waals surface area contributed by atoms with E-state index in [9.17, 15) is 0 Å². The Kier molecular flexibility index (Phi) is 6.42. The fraction of sp³-hybridized carbons (Fsp3) is 0.200. The molecule has 0 fully saturated rings. The van der Waals surface area contributed by atoms with Gasteiger partial charge in [-0.25, -0.2) is 4.99 Å². The highest BCUT2D eigenvalue weighted by Crippen LogP contribution is 2.42. The van der Waals surface area contributed by atoms with Gasteiger partial charge in [0, 0.05) is 37.4 Å². The molecule has 0 radical (unpaired) electrons. The fourth-order valence-electron chi connectivity index (χ4n) is 4.16. The van der Waals surface area contributed by atoms with Crippen molar-refractivity contribution in [3.8, 4) is 11.1 Å². The third kappa shape index (κ3) is 4.45. The number of carboxylic acid groups (broad SMARTS) is 1. The molecule has 0 saturated carbocycles. The Morgan fingerprint density at radius 1 is 1.06 bits per heavy atom. The molecule has 5 rings (SSSR count). The Hall–Kier alpha value is -3.71. The number of benzene rings is 2. The van der Waals surface area contributed by atoms with Crippen molar-refractivity contribution in [2.45, 2.75) is 18.9 Å². The van der Waals surface area contributed by atoms with Crippen LogP contribution in [0.5, 0.6) is 0 Å². The number of aliphatic carboxylic acids is 1. The van der Waals surface area contributed by atoms with Gasteiger partial charge in [0.25, 0.3) is 5.97 Å². The van der Waals surface area contributed by atoms with Crippen LogP contribution in [0.2, 0.25) is 5.02 Å². The number of halogens is 1. The minimum Gasteiger partial charge on any atom is -0.481 e. The summed E-state index contributed by atoms with van der Waals surface area (Å²) < 4.78 is 0. The lowest BCUT2D eigenvalue weighted by Gasteiger charge is -2.33. The first kappa shape index (κ1) is 22.5. The molecule has 2 aliphatic rings. The second kappa shape index (κ2) is 9.42. The minimum atomic E-state index is -0.833. The monoisotopic (exact) mass is 461 g/mol. The Balaban J connectivity index is 0.000000601. The Labute approximate surface area is 197 Å². The van der Waals surface area contributed by atoms with Crippen LogP contribution in [0.4, 0.5) is 0 Å². The minimum absolute atomic E-state index is 0.508. The molecule has 1 unspecified atom stereocenters. The van der Waals surface area contributed by atoms with Crippen LogP contribution in [0.15, 0.2) is 83.0 Å². The van der Waals surface area contributed by atoms with Gasteiger partial charge in [0.15, 0.2) is 11.5 Å². The molecule has 1 aromatic heterocycles. The summed E-state index contributed by atoms with van der Waals surface area (Å²) in [7, 11) is 0. The zero-order valence-electron chi connectivity index (χ0n) is 18.1. The van der Waals surface area contributed by atoms with E-state index in [4.69, 9.17) is 37.2 Å². The quantitative estimate of drug-likeness (QED) is 0.609. The predicted octanol–water partition coefficient (Wildman–Crippen LogP) is 4.17. The molecular weight excluding hydrogens is 438 g/mol. The molecule has 2 aliphatic heterocycles. The molecule has 3 N–H and O–H groups in total. The van der Waals surface area contributed by atoms with Gasteiger partial charge in [-0.3, -0.25) is 19.7 Å². The number of aromatic nitrogens is 1. The van der Waals surface area contributed by atoms with E-state index in [1.54, 1.807) is 12.4 Å². The molecule has 1 atom stereocenters. The van der Waals surface area contributed by atoms with Gasteiger partial charge in [0.1, 0.15) is 5.84 Å². The molecule has 3 heterocycles. The van der Waals surface area contributed by atoms with Crippen molar-refractivity contribution in [1.29, 1.82) is 0 Å². The number of hydrogen-bond acceptors (Lipinski definition) is 6. The van der Waals surface area contributed by atoms with Crippen LogP contribution in [0, 0.1) is 0 Å². The highest BCUT2D eigenvalue weighted by Gasteiger charge is 2.49. The first-order valence-electron chi connectivity index (χ1n) is 10.6. The van der Waals surface area contributed by atoms with Crippen molar-refractivity contribution in [2.24, 2.45) is 15.7 Å². The first-order valence-corrected chi connectivity index (χ1v) is 10.9. The van der Waals surface area contributed by atoms with Crippen LogP contribution < -0.4 is 5.73 Å². The molecule has 3 aromatic rings. The molecule has 33 heavy (non-hydrogen) atoms. The van der Waals surface area contributed by atoms with Crippen molar-refractivity contribution in [1.82, 2.24) is 9.88 Å². The third-order valence-electron chi connectivity index (χ3n) is 5.48. The van der Waals surface area contributed by atoms with Crippen molar-refractivity contribution >= 4 is 29.4 Å². The number of fused-ring (bicyclic) bond motifs is 1. The van der Waals surface area contributed by atoms with Gasteiger partial charge in [-0.2, -0.15) is 0 Å². The van der Waals surface area contributed by atoms with E-state index >= 15 is 0 Å². The van der Waals surface area contributed by atoms with Crippen molar-refractivity contribution in [3.63, 3.8) is 0 Å². The van der Waals surface area contributed by atoms with Crippen LogP contribution in [0.25, 0.3) is 11.1 Å². The van der Waals surface area contributed by atoms with Gasteiger partial charge in [-0.05, 0) is 59.0 Å². The van der Waals surface area contributed by atoms with E-state index in [1.807, 2.05) is 41.3 Å². The molecule has 0 spiro atoms. The summed E-state index contributed by atoms with van der Waals surface area (Å²) >= 11 is 6.22. The van der Waals surface area contributed by atoms with Crippen LogP contribution in [-0.4, -0.2) is 45.8 Å². The molecule has 7 nitrogen and oxygen atoms in total. The smallest absolute Gasteiger partial charge is 0.300 e. The predicted molar refractivity (Wildman–Crippen MR) is 130 cm³/mol. The summed E-state index contributed by atoms with van der Waals surface area (Å²) in [5.41, 5.74) is 9.75. The first-order chi connectivity index (χ1) is 15.9. The van der Waals surface area contributed by atoms with Gasteiger partial charge >= 0.3 is 0 Å². The molecule has 0 aliphatic carbocycles. The molecule has 8 heteroatoms. The van der Waals surface area contributed by atoms with E-state index < -0.39 is 11.5 Å². The summed E-state index contributed by atoms with van der Waals surface area (Å²) in [6, 6.07) is 20.2. The second-order valence-electron chi connectivity index (χ2n) is 7.74. The lowest BCUT2D eigenvalue weighted by molar-refractivity contribution is -0.134. The number of aliphatic imine (C=N–C) groups is 2. The van der Waals surface area contributed by atoms with Crippen molar-refractivity contribution in [2.75, 3.05) is 13.1 Å². The van der Waals surface area contributed by atoms with Crippen LogP contribution in [-0.2, 0) is 10.3 Å². The van der Waals surface area contributed by atoms with E-state index in [0.717, 1.165) is 54.5 Å². The highest BCUT2D eigenvalue weighted by atomic mass is 35.5. The van der Waals surface area contributed by atoms with E-state index in [0.29, 0.717) is 11.0 Å². The zero-order chi connectivity index (χ0) is 23.4. The number of carboxylic acids is 1. The number of amidine groups is 1. The number of rotatable bonds is 3. The molecule has 168 valence electrons. The maximum Gasteiger partial charge on any atom is 0.300 e. The number of nitrogens with two attached hydrogens (primary N) is 1. The van der Waals surface area contributed by atoms with Gasteiger partial charge in [0.2, 0.25) is 0 Å². The standard InChI is InChI=1S/C23H20ClN5.C2H4O2/c24-20-7-2-5-17(15-20)16-4-1-6-19(14-16)23(18-8-11-26-12-9-18)21-27-10-3-13-29(21)22(25)28-23;1-2(3)4/h1-2,4-9,11-12,14-15H,3,10,13H2,(H2,25,28);1H3,(H,3,4). The van der Waals surface area contributed by atoms with Crippen molar-refractivity contribution in [3.05, 3.63) is 89.2 Å². The van der Waals surface area contributed by atoms with Gasteiger partial charge in [-0.15, -0.1) is 0 Å². The summed E-state index contributed by atoms with van der Waals surface area (Å²) in [6.07, 6.45) is 4.54. The topological polar surface area (TPSA) is 104 Å². The maximum atomic E-state index is 9.00. The van der Waals surface area contributed by atoms with E-state index in [-0.39, 0.29) is 0 Å². The average molecular weight is 462 g/mol. The average Bonchev–Trinajstić information content (AvgIpc) is 3.13. The number of hydrogen-bond donors (Lipinski definition) is 2. The van der Waals surface area contributed by atoms with Gasteiger partial charge in [-0.1, -0.05) is 41.9 Å². The largest absolute Gasteiger partial charge is 0.481 e. The second-order valence-corrected chi connectivity index (χ2v) is 8.17. The maximum absolute atomic E-state index is 9.00. The number of nitrogens with zero attached hydrogens (tertiary/aromatic N) is 4. The van der Waals surface area contributed by atoms with Crippen LogP contribution in [0.3, 0.4) is 0 Å². The van der Waals surface area contributed by atoms with E-state index in [2.05, 4.69) is 29.2 Å². The molecule has 0 bridgehead atoms. The lowest BCUT2D eigenvalue weighted by atomic mass is 9.81. The zero-order valence-corrected chi connectivity index (χ0v) is 18.9. The molecule has 0 amide bonds. The van der Waals surface area contributed by atoms with E-state index in [1.165, 1.54) is 0 Å². The highest BCUT2D eigenvalue weighted by molar-refractivity contribution is 6.30. The SMILES string of the molecule is CC(=O)O.NC1=NC(c2ccncc2)(c2cccc(-c3cccc(Cl)c3)c2)C2=NCCCN12. The number of carbonyl (C=O) groups is 1. The number of pyridine rings is 1. The molecule has 0 saturated heterocycles. The number of guanidine groups is 1. The summed E-state index contributed by atoms with van der Waals surface area (Å²) in [5.74, 6) is 0.559. The summed E-state index contributed by atoms with van der Waals surface area (Å²) in [4.78, 5) is 25.1. The summed E-state index contributed by atoms with van der Waals surface area (Å²) in [5, 5.41) is 8.13. The Morgan fingerprint density at radius 2 is 1.73 bits per heavy atom. The molecule has 2 aromatic carbocycles. The van der Waals surface area contributed by atoms with Crippen LogP contribution in [0.1, 0.15) is 24.5 Å². The van der Waals surface area contributed by atoms with Gasteiger partial charge in [0.05, 0.1) is 0 Å². The normalized spacial score (nSPS) is 19.0. The fourth-order valence-corrected chi connectivity index (χ4v) is 4.35.